The molecular weight excluding hydrogens is 1200 g/mol. The Morgan fingerprint density at radius 1 is 0.621 bits per heavy atom. The average Bonchev–Trinajstić information content (AvgIpc) is 4.35. The molecule has 0 radical (unpaired) electrons. The van der Waals surface area contributed by atoms with Crippen LogP contribution in [0.15, 0.2) is 54.1 Å². The fourth-order valence-electron chi connectivity index (χ4n) is 9.41. The first-order valence-electron chi connectivity index (χ1n) is 30.6. The molecule has 6 heterocycles. The molecule has 4 unspecified atom stereocenters. The minimum atomic E-state index is -4.97. The number of halogens is 4. The van der Waals surface area contributed by atoms with Gasteiger partial charge in [0.25, 0.3) is 10.1 Å². The molecule has 504 valence electrons. The summed E-state index contributed by atoms with van der Waals surface area (Å²) in [6.45, 7) is 33.8. The molecule has 1 aliphatic carbocycles. The molecule has 21 nitrogen and oxygen atoms in total. The number of carbonyl (C=O) groups excluding carboxylic acids is 4. The van der Waals surface area contributed by atoms with Gasteiger partial charge in [0.1, 0.15) is 18.2 Å². The summed E-state index contributed by atoms with van der Waals surface area (Å²) < 4.78 is 104. The fraction of sp³-hybridized carbons (Fsp3) is 0.783. The van der Waals surface area contributed by atoms with Gasteiger partial charge in [-0.2, -0.15) is 31.8 Å². The van der Waals surface area contributed by atoms with Gasteiger partial charge in [0.05, 0.1) is 43.3 Å². The predicted octanol–water partition coefficient (Wildman–Crippen LogP) is 12.7. The number of aliphatic hydroxyl groups is 1. The molecule has 5 aliphatic rings. The number of rotatable bonds is 8. The minimum absolute atomic E-state index is 0.142. The van der Waals surface area contributed by atoms with Crippen molar-refractivity contribution < 1.29 is 74.1 Å². The lowest BCUT2D eigenvalue weighted by Gasteiger charge is -2.35. The van der Waals surface area contributed by atoms with Crippen molar-refractivity contribution in [2.45, 2.75) is 222 Å². The van der Waals surface area contributed by atoms with Crippen LogP contribution in [0.3, 0.4) is 0 Å². The summed E-state index contributed by atoms with van der Waals surface area (Å²) in [5, 5.41) is 18.1. The third kappa shape index (κ3) is 41.2. The van der Waals surface area contributed by atoms with E-state index in [0.717, 1.165) is 76.6 Å². The van der Waals surface area contributed by atoms with Crippen molar-refractivity contribution in [2.75, 3.05) is 58.3 Å². The van der Waals surface area contributed by atoms with Gasteiger partial charge in [0, 0.05) is 81.0 Å². The number of likely N-dealkylation sites (tertiary alicyclic amines) is 3. The van der Waals surface area contributed by atoms with E-state index in [2.05, 4.69) is 50.6 Å². The zero-order valence-electron chi connectivity index (χ0n) is 55.8. The summed E-state index contributed by atoms with van der Waals surface area (Å²) in [4.78, 5) is 53.7. The maximum Gasteiger partial charge on any atom is 0.446 e. The third-order valence-corrected chi connectivity index (χ3v) is 14.5. The van der Waals surface area contributed by atoms with E-state index in [-0.39, 0.29) is 36.4 Å². The van der Waals surface area contributed by atoms with Crippen LogP contribution in [0, 0.1) is 23.7 Å². The molecule has 7 rings (SSSR count). The number of amides is 3. The van der Waals surface area contributed by atoms with Crippen molar-refractivity contribution in [3.8, 4) is 0 Å². The lowest BCUT2D eigenvalue weighted by Crippen LogP contribution is -2.43. The van der Waals surface area contributed by atoms with Gasteiger partial charge < -0.3 is 34.0 Å². The highest BCUT2D eigenvalue weighted by Crippen LogP contribution is 2.33. The largest absolute Gasteiger partial charge is 0.446 e. The van der Waals surface area contributed by atoms with E-state index in [1.807, 2.05) is 136 Å². The summed E-state index contributed by atoms with van der Waals surface area (Å²) in [5.41, 5.74) is -1.35. The van der Waals surface area contributed by atoms with E-state index >= 15 is 0 Å². The van der Waals surface area contributed by atoms with Gasteiger partial charge in [-0.1, -0.05) is 39.2 Å². The number of carbonyl (C=O) groups is 4. The first-order valence-corrected chi connectivity index (χ1v) is 34.6. The number of aldehydes is 1. The number of nitrogens with zero attached hydrogens (tertiary/aromatic N) is 8. The van der Waals surface area contributed by atoms with Crippen LogP contribution in [0.1, 0.15) is 188 Å². The zero-order valence-corrected chi connectivity index (χ0v) is 57.2. The van der Waals surface area contributed by atoms with E-state index in [0.29, 0.717) is 50.1 Å². The summed E-state index contributed by atoms with van der Waals surface area (Å²) in [6, 6.07) is 4.94. The monoisotopic (exact) mass is 1300 g/mol. The van der Waals surface area contributed by atoms with Crippen molar-refractivity contribution in [3.05, 3.63) is 49.1 Å². The average molecular weight is 1310 g/mol. The summed E-state index contributed by atoms with van der Waals surface area (Å²) in [7, 11) is -2.12. The molecule has 4 fully saturated rings. The molecule has 4 atom stereocenters. The SMILES string of the molecule is C1=CCN=C1.CC.CC(C1CCCCC1)n1cccn1.CC(C1CCN(C(=O)OC(C)(C)C)CC1)n1cccn1.CC(O)C1CCN(C(=O)OC(C)(C)C)CC1.CC(OS(C)(=O)=O)C1CCN(C(=O)OC(C)(C)C)CC1.CS(=O)(=O)Cl.[2H]C(=O)C(F)(F)F. The molecule has 2 aromatic rings. The molecule has 4 aliphatic heterocycles. The smallest absolute Gasteiger partial charge is 0.444 e. The first kappa shape index (κ1) is 80.2. The number of alkyl halides is 3. The van der Waals surface area contributed by atoms with Gasteiger partial charge in [-0.25, -0.2) is 22.8 Å². The molecule has 0 aromatic carbocycles. The van der Waals surface area contributed by atoms with Crippen LogP contribution < -0.4 is 0 Å². The second kappa shape index (κ2) is 40.1. The van der Waals surface area contributed by atoms with Crippen LogP contribution in [-0.2, 0) is 42.4 Å². The lowest BCUT2D eigenvalue weighted by atomic mass is 9.85. The van der Waals surface area contributed by atoms with E-state index < -0.39 is 48.4 Å². The highest BCUT2D eigenvalue weighted by Gasteiger charge is 2.33. The maximum absolute atomic E-state index is 12.0. The molecule has 2 aromatic heterocycles. The van der Waals surface area contributed by atoms with Gasteiger partial charge in [0.2, 0.25) is 15.3 Å². The molecule has 0 bridgehead atoms. The van der Waals surface area contributed by atoms with Crippen molar-refractivity contribution >= 4 is 60.6 Å². The van der Waals surface area contributed by atoms with E-state index in [1.165, 1.54) is 32.1 Å². The van der Waals surface area contributed by atoms with E-state index in [1.54, 1.807) is 22.9 Å². The standard InChI is InChI=1S/C15H25N3O2.C13H25NO5S.C12H23NO3.C11H18N2.C4H5N.C2HF3O.C2H6.CH3ClO2S/c1-12(18-9-5-8-16-18)13-6-10-17(11-7-13)14(19)20-15(2,3)4;1-10(19-20(5,16)17)11-6-8-14(9-7-11)12(15)18-13(2,3)4;1-9(14)10-5-7-13(8-6-10)11(15)16-12(2,3)4;1-10(13-9-5-8-12-13)11-6-3-2-4-7-11;1-2-4-5-3-1;3-2(4,5)1-6;1-2;1-5(2,3)4/h5,8-9,12-13H,6-7,10-11H2,1-4H3;10-11H,6-9H2,1-5H3;9-10,14H,5-8H2,1-4H3;5,8-11H,2-4,6-7H2,1H3;1-3H,4H2;1H;1-2H3;1H3/i;;;;;1D;;. The van der Waals surface area contributed by atoms with Crippen LogP contribution in [0.5, 0.6) is 0 Å². The van der Waals surface area contributed by atoms with Gasteiger partial charge in [-0.15, -0.1) is 0 Å². The van der Waals surface area contributed by atoms with Gasteiger partial charge in [-0.05, 0) is 183 Å². The molecule has 3 amide bonds. The van der Waals surface area contributed by atoms with Crippen molar-refractivity contribution in [3.63, 3.8) is 0 Å². The van der Waals surface area contributed by atoms with Gasteiger partial charge >= 0.3 is 24.5 Å². The number of ether oxygens (including phenoxy) is 3. The molecular formula is C60H106ClF3N8O13S2. The number of piperidine rings is 3. The second-order valence-electron chi connectivity index (χ2n) is 24.7. The van der Waals surface area contributed by atoms with E-state index in [4.69, 9.17) is 24.6 Å². The summed E-state index contributed by atoms with van der Waals surface area (Å²) in [5.74, 6) is 1.88. The Balaban J connectivity index is 0.00000105. The molecule has 27 heteroatoms. The number of aliphatic hydroxyl groups excluding tert-OH is 1. The highest BCUT2D eigenvalue weighted by molar-refractivity contribution is 8.13. The summed E-state index contributed by atoms with van der Waals surface area (Å²) in [6.07, 6.45) is 18.9. The normalized spacial score (nSPS) is 18.6. The Kier molecular flexibility index (Phi) is 36.9. The summed E-state index contributed by atoms with van der Waals surface area (Å²) >= 11 is 0. The Bertz CT molecular complexity index is 2530. The molecule has 0 spiro atoms. The topological polar surface area (TPSA) is 251 Å². The second-order valence-corrected chi connectivity index (χ2v) is 29.4. The minimum Gasteiger partial charge on any atom is -0.444 e. The number of hydrogen-bond acceptors (Lipinski definition) is 16. The first-order chi connectivity index (χ1) is 40.5. The Morgan fingerprint density at radius 3 is 1.18 bits per heavy atom. The van der Waals surface area contributed by atoms with Crippen molar-refractivity contribution in [2.24, 2.45) is 28.7 Å². The van der Waals surface area contributed by atoms with Crippen molar-refractivity contribution in [1.29, 1.82) is 0 Å². The predicted molar refractivity (Wildman–Crippen MR) is 336 cm³/mol. The van der Waals surface area contributed by atoms with Crippen LogP contribution in [0.25, 0.3) is 0 Å². The quantitative estimate of drug-likeness (QED) is 0.112. The van der Waals surface area contributed by atoms with Crippen molar-refractivity contribution in [1.82, 2.24) is 34.3 Å². The Labute approximate surface area is 524 Å². The van der Waals surface area contributed by atoms with Crippen LogP contribution in [0.4, 0.5) is 27.6 Å². The molecule has 1 saturated carbocycles. The highest BCUT2D eigenvalue weighted by atomic mass is 35.7. The maximum atomic E-state index is 12.0. The van der Waals surface area contributed by atoms with Gasteiger partial charge in [0.15, 0.2) is 0 Å². The molecule has 3 saturated heterocycles. The number of aromatic nitrogens is 4. The third-order valence-electron chi connectivity index (χ3n) is 13.8. The number of hydrogen-bond donors (Lipinski definition) is 1. The lowest BCUT2D eigenvalue weighted by molar-refractivity contribution is -0.156. The fourth-order valence-corrected chi connectivity index (χ4v) is 10.1. The Morgan fingerprint density at radius 2 is 0.943 bits per heavy atom. The van der Waals surface area contributed by atoms with Crippen LogP contribution in [0.2, 0.25) is 0 Å². The molecule has 87 heavy (non-hydrogen) atoms. The Hall–Kier alpha value is -4.79. The zero-order chi connectivity index (χ0) is 67.9. The van der Waals surface area contributed by atoms with Crippen LogP contribution >= 0.6 is 10.7 Å². The van der Waals surface area contributed by atoms with Crippen LogP contribution in [-0.4, -0.2) is 180 Å². The molecule has 1 N–H and O–H groups in total. The number of aliphatic imine (C=N–C) groups is 1. The van der Waals surface area contributed by atoms with E-state index in [9.17, 15) is 49.5 Å². The van der Waals surface area contributed by atoms with Gasteiger partial charge in [-0.3, -0.25) is 23.3 Å². The number of allylic oxidation sites excluding steroid dienone is 1.